The van der Waals surface area contributed by atoms with E-state index in [0.717, 1.165) is 42.1 Å². The number of anilines is 1. The van der Waals surface area contributed by atoms with Crippen LogP contribution in [-0.4, -0.2) is 43.8 Å². The fourth-order valence-corrected chi connectivity index (χ4v) is 6.47. The van der Waals surface area contributed by atoms with Crippen molar-refractivity contribution in [3.8, 4) is 0 Å². The van der Waals surface area contributed by atoms with Crippen LogP contribution in [0.3, 0.4) is 0 Å². The highest BCUT2D eigenvalue weighted by atomic mass is 35.5. The van der Waals surface area contributed by atoms with Crippen molar-refractivity contribution in [2.45, 2.75) is 56.1 Å². The quantitative estimate of drug-likeness (QED) is 0.316. The van der Waals surface area contributed by atoms with Gasteiger partial charge in [0.1, 0.15) is 18.4 Å². The van der Waals surface area contributed by atoms with E-state index in [0.29, 0.717) is 10.6 Å². The first-order valence-electron chi connectivity index (χ1n) is 12.9. The summed E-state index contributed by atoms with van der Waals surface area (Å²) in [5.74, 6) is -1.71. The number of carbonyl (C=O) groups is 2. The fourth-order valence-electron chi connectivity index (χ4n) is 4.67. The van der Waals surface area contributed by atoms with Gasteiger partial charge in [-0.15, -0.1) is 0 Å². The van der Waals surface area contributed by atoms with Gasteiger partial charge in [0.25, 0.3) is 10.0 Å². The Hall–Kier alpha value is -3.14. The van der Waals surface area contributed by atoms with Gasteiger partial charge in [0, 0.05) is 17.6 Å². The number of hydrogen-bond acceptors (Lipinski definition) is 4. The van der Waals surface area contributed by atoms with Crippen LogP contribution in [0.2, 0.25) is 10.0 Å². The highest BCUT2D eigenvalue weighted by Crippen LogP contribution is 2.29. The van der Waals surface area contributed by atoms with Crippen molar-refractivity contribution in [3.05, 3.63) is 94.2 Å². The summed E-state index contributed by atoms with van der Waals surface area (Å²) in [5, 5.41) is 3.12. The Morgan fingerprint density at radius 2 is 1.62 bits per heavy atom. The molecule has 1 saturated carbocycles. The summed E-state index contributed by atoms with van der Waals surface area (Å²) in [5.41, 5.74) is 0.602. The molecule has 1 N–H and O–H groups in total. The molecule has 1 aliphatic rings. The van der Waals surface area contributed by atoms with Crippen LogP contribution < -0.4 is 9.62 Å². The molecule has 4 rings (SSSR count). The predicted octanol–water partition coefficient (Wildman–Crippen LogP) is 5.80. The first-order valence-corrected chi connectivity index (χ1v) is 15.1. The molecule has 0 heterocycles. The SMILES string of the molecule is CC(C(=O)NC1CCCC1)N(Cc1ccccc1Cl)C(=O)CN(c1ccc(F)c(Cl)c1)S(=O)(=O)c1ccccc1. The van der Waals surface area contributed by atoms with E-state index in [1.807, 2.05) is 0 Å². The molecule has 212 valence electrons. The minimum Gasteiger partial charge on any atom is -0.352 e. The van der Waals surface area contributed by atoms with E-state index in [-0.39, 0.29) is 34.1 Å². The van der Waals surface area contributed by atoms with Gasteiger partial charge in [-0.2, -0.15) is 0 Å². The van der Waals surface area contributed by atoms with Crippen LogP contribution in [0.15, 0.2) is 77.7 Å². The number of rotatable bonds is 10. The van der Waals surface area contributed by atoms with Gasteiger partial charge in [0.15, 0.2) is 0 Å². The van der Waals surface area contributed by atoms with Gasteiger partial charge in [-0.3, -0.25) is 13.9 Å². The highest BCUT2D eigenvalue weighted by molar-refractivity contribution is 7.92. The van der Waals surface area contributed by atoms with Crippen LogP contribution >= 0.6 is 23.2 Å². The Bertz CT molecular complexity index is 1470. The molecule has 0 bridgehead atoms. The van der Waals surface area contributed by atoms with Crippen molar-refractivity contribution >= 4 is 50.7 Å². The summed E-state index contributed by atoms with van der Waals surface area (Å²) in [7, 11) is -4.28. The Labute approximate surface area is 243 Å². The molecule has 7 nitrogen and oxygen atoms in total. The minimum absolute atomic E-state index is 0.00403. The standard InChI is InChI=1S/C29H30Cl2FN3O4S/c1-20(29(37)33-22-10-6-7-11-22)34(18-21-9-5-8-14-25(21)30)28(36)19-35(23-15-16-27(32)26(31)17-23)40(38,39)24-12-3-2-4-13-24/h2-5,8-9,12-17,20,22H,6-7,10-11,18-19H2,1H3,(H,33,37). The molecular weight excluding hydrogens is 576 g/mol. The third kappa shape index (κ3) is 6.95. The Kier molecular flexibility index (Phi) is 9.71. The summed E-state index contributed by atoms with van der Waals surface area (Å²) in [6, 6.07) is 17.0. The Balaban J connectivity index is 1.70. The number of hydrogen-bond donors (Lipinski definition) is 1. The first-order chi connectivity index (χ1) is 19.1. The number of nitrogens with zero attached hydrogens (tertiary/aromatic N) is 2. The van der Waals surface area contributed by atoms with E-state index in [2.05, 4.69) is 5.32 Å². The Morgan fingerprint density at radius 3 is 2.27 bits per heavy atom. The van der Waals surface area contributed by atoms with Gasteiger partial charge < -0.3 is 10.2 Å². The van der Waals surface area contributed by atoms with E-state index in [1.54, 1.807) is 49.4 Å². The molecule has 1 fully saturated rings. The fraction of sp³-hybridized carbons (Fsp3) is 0.310. The number of amides is 2. The normalized spacial score (nSPS) is 14.5. The van der Waals surface area contributed by atoms with E-state index < -0.39 is 34.3 Å². The second kappa shape index (κ2) is 13.0. The van der Waals surface area contributed by atoms with Crippen LogP contribution in [0.1, 0.15) is 38.2 Å². The summed E-state index contributed by atoms with van der Waals surface area (Å²) >= 11 is 12.4. The molecule has 40 heavy (non-hydrogen) atoms. The van der Waals surface area contributed by atoms with E-state index in [1.165, 1.54) is 23.1 Å². The van der Waals surface area contributed by atoms with Gasteiger partial charge in [0.05, 0.1) is 15.6 Å². The maximum atomic E-state index is 14.0. The average molecular weight is 607 g/mol. The number of halogens is 3. The molecule has 0 aromatic heterocycles. The lowest BCUT2D eigenvalue weighted by molar-refractivity contribution is -0.139. The largest absolute Gasteiger partial charge is 0.352 e. The molecule has 1 atom stereocenters. The van der Waals surface area contributed by atoms with E-state index >= 15 is 0 Å². The summed E-state index contributed by atoms with van der Waals surface area (Å²) in [4.78, 5) is 28.4. The third-order valence-corrected chi connectivity index (χ3v) is 9.42. The van der Waals surface area contributed by atoms with Gasteiger partial charge in [-0.1, -0.05) is 72.4 Å². The molecule has 1 unspecified atom stereocenters. The zero-order valence-electron chi connectivity index (χ0n) is 21.9. The van der Waals surface area contributed by atoms with Gasteiger partial charge in [0.2, 0.25) is 11.8 Å². The maximum Gasteiger partial charge on any atom is 0.264 e. The molecule has 1 aliphatic carbocycles. The lowest BCUT2D eigenvalue weighted by atomic mass is 10.1. The van der Waals surface area contributed by atoms with Crippen molar-refractivity contribution in [2.75, 3.05) is 10.8 Å². The molecule has 0 spiro atoms. The van der Waals surface area contributed by atoms with Gasteiger partial charge in [-0.25, -0.2) is 12.8 Å². The van der Waals surface area contributed by atoms with Crippen molar-refractivity contribution in [3.63, 3.8) is 0 Å². The number of benzene rings is 3. The molecular formula is C29H30Cl2FN3O4S. The smallest absolute Gasteiger partial charge is 0.264 e. The lowest BCUT2D eigenvalue weighted by Gasteiger charge is -2.32. The van der Waals surface area contributed by atoms with Crippen LogP contribution in [0.25, 0.3) is 0 Å². The third-order valence-electron chi connectivity index (χ3n) is 6.97. The lowest BCUT2D eigenvalue weighted by Crippen LogP contribution is -2.52. The molecule has 11 heteroatoms. The second-order valence-corrected chi connectivity index (χ2v) is 12.4. The molecule has 0 saturated heterocycles. The van der Waals surface area contributed by atoms with Crippen LogP contribution in [-0.2, 0) is 26.2 Å². The summed E-state index contributed by atoms with van der Waals surface area (Å²) in [6.45, 7) is 0.912. The molecule has 0 radical (unpaired) electrons. The predicted molar refractivity (Wildman–Crippen MR) is 154 cm³/mol. The zero-order chi connectivity index (χ0) is 28.9. The van der Waals surface area contributed by atoms with Crippen LogP contribution in [0.4, 0.5) is 10.1 Å². The van der Waals surface area contributed by atoms with Crippen molar-refractivity contribution in [2.24, 2.45) is 0 Å². The van der Waals surface area contributed by atoms with Crippen molar-refractivity contribution in [1.82, 2.24) is 10.2 Å². The highest BCUT2D eigenvalue weighted by Gasteiger charge is 2.33. The summed E-state index contributed by atoms with van der Waals surface area (Å²) < 4.78 is 42.4. The Morgan fingerprint density at radius 1 is 0.975 bits per heavy atom. The van der Waals surface area contributed by atoms with Crippen molar-refractivity contribution in [1.29, 1.82) is 0 Å². The number of nitrogens with one attached hydrogen (secondary N) is 1. The maximum absolute atomic E-state index is 14.0. The van der Waals surface area contributed by atoms with Crippen LogP contribution in [0, 0.1) is 5.82 Å². The first kappa shape index (κ1) is 29.8. The average Bonchev–Trinajstić information content (AvgIpc) is 3.46. The van der Waals surface area contributed by atoms with Crippen LogP contribution in [0.5, 0.6) is 0 Å². The molecule has 0 aliphatic heterocycles. The topological polar surface area (TPSA) is 86.8 Å². The van der Waals surface area contributed by atoms with Crippen molar-refractivity contribution < 1.29 is 22.4 Å². The van der Waals surface area contributed by atoms with E-state index in [9.17, 15) is 22.4 Å². The molecule has 2 amide bonds. The second-order valence-electron chi connectivity index (χ2n) is 9.70. The van der Waals surface area contributed by atoms with E-state index in [4.69, 9.17) is 23.2 Å². The van der Waals surface area contributed by atoms with Gasteiger partial charge in [-0.05, 0) is 61.7 Å². The summed E-state index contributed by atoms with van der Waals surface area (Å²) in [6.07, 6.45) is 3.78. The van der Waals surface area contributed by atoms with Gasteiger partial charge >= 0.3 is 0 Å². The number of sulfonamides is 1. The molecule has 3 aromatic rings. The zero-order valence-corrected chi connectivity index (χ0v) is 24.2. The molecule has 3 aromatic carbocycles. The monoisotopic (exact) mass is 605 g/mol. The minimum atomic E-state index is -4.28. The number of carbonyl (C=O) groups excluding carboxylic acids is 2.